The van der Waals surface area contributed by atoms with Crippen molar-refractivity contribution in [2.24, 2.45) is 5.73 Å². The van der Waals surface area contributed by atoms with Gasteiger partial charge in [0.25, 0.3) is 5.91 Å². The molecule has 0 unspecified atom stereocenters. The average Bonchev–Trinajstić information content (AvgIpc) is 3.10. The molecule has 25 heavy (non-hydrogen) atoms. The van der Waals surface area contributed by atoms with Crippen molar-refractivity contribution in [1.29, 1.82) is 0 Å². The number of benzene rings is 1. The molecule has 0 aliphatic rings. The summed E-state index contributed by atoms with van der Waals surface area (Å²) in [6, 6.07) is 5.13. The summed E-state index contributed by atoms with van der Waals surface area (Å²) in [4.78, 5) is 16.2. The van der Waals surface area contributed by atoms with Crippen molar-refractivity contribution in [1.82, 2.24) is 10.3 Å². The Morgan fingerprint density at radius 1 is 1.28 bits per heavy atom. The molecule has 2 rings (SSSR count). The van der Waals surface area contributed by atoms with Gasteiger partial charge in [-0.2, -0.15) is 0 Å². The monoisotopic (exact) mass is 407 g/mol. The molecular weight excluding hydrogens is 385 g/mol. The summed E-state index contributed by atoms with van der Waals surface area (Å²) < 4.78 is 11.0. The van der Waals surface area contributed by atoms with Crippen LogP contribution in [0.1, 0.15) is 28.9 Å². The number of unbranched alkanes of at least 4 members (excludes halogenated alkanes) is 1. The molecule has 0 aliphatic carbocycles. The molecule has 1 amide bonds. The molecular formula is C16H23Cl2N3O3S. The fourth-order valence-corrected chi connectivity index (χ4v) is 2.50. The molecule has 1 heterocycles. The van der Waals surface area contributed by atoms with Gasteiger partial charge in [0.2, 0.25) is 0 Å². The first-order chi connectivity index (χ1) is 11.2. The van der Waals surface area contributed by atoms with E-state index >= 15 is 0 Å². The Labute approximate surface area is 163 Å². The maximum absolute atomic E-state index is 12.1. The zero-order chi connectivity index (χ0) is 16.5. The number of rotatable bonds is 9. The maximum atomic E-state index is 12.1. The number of thiazole rings is 1. The highest BCUT2D eigenvalue weighted by Gasteiger charge is 2.11. The maximum Gasteiger partial charge on any atom is 0.251 e. The number of methoxy groups -OCH3 is 1. The number of ether oxygens (including phenoxy) is 2. The Morgan fingerprint density at radius 3 is 2.72 bits per heavy atom. The van der Waals surface area contributed by atoms with Gasteiger partial charge < -0.3 is 20.5 Å². The van der Waals surface area contributed by atoms with Crippen LogP contribution in [0, 0.1) is 0 Å². The van der Waals surface area contributed by atoms with Crippen molar-refractivity contribution >= 4 is 42.1 Å². The van der Waals surface area contributed by atoms with Crippen molar-refractivity contribution in [3.8, 4) is 11.5 Å². The van der Waals surface area contributed by atoms with Crippen molar-refractivity contribution in [3.05, 3.63) is 40.3 Å². The van der Waals surface area contributed by atoms with Crippen LogP contribution in [0.5, 0.6) is 11.5 Å². The van der Waals surface area contributed by atoms with E-state index in [-0.39, 0.29) is 30.7 Å². The third kappa shape index (κ3) is 7.48. The largest absolute Gasteiger partial charge is 0.493 e. The van der Waals surface area contributed by atoms with Crippen molar-refractivity contribution in [2.75, 3.05) is 20.2 Å². The van der Waals surface area contributed by atoms with Crippen LogP contribution in [0.3, 0.4) is 0 Å². The molecule has 0 saturated carbocycles. The van der Waals surface area contributed by atoms with Gasteiger partial charge in [-0.1, -0.05) is 0 Å². The number of halogens is 2. The molecule has 0 aliphatic heterocycles. The van der Waals surface area contributed by atoms with Crippen LogP contribution in [-0.4, -0.2) is 31.1 Å². The van der Waals surface area contributed by atoms with Crippen LogP contribution in [0.25, 0.3) is 0 Å². The highest BCUT2D eigenvalue weighted by molar-refractivity contribution is 7.07. The molecule has 2 aromatic rings. The Morgan fingerprint density at radius 2 is 2.08 bits per heavy atom. The number of hydrogen-bond donors (Lipinski definition) is 2. The predicted molar refractivity (Wildman–Crippen MR) is 105 cm³/mol. The molecule has 0 fully saturated rings. The summed E-state index contributed by atoms with van der Waals surface area (Å²) in [6.07, 6.45) is 1.77. The van der Waals surface area contributed by atoms with Gasteiger partial charge in [0.1, 0.15) is 6.61 Å². The third-order valence-corrected chi connectivity index (χ3v) is 3.84. The fourth-order valence-electron chi connectivity index (χ4n) is 1.96. The number of aromatic nitrogens is 1. The second-order valence-corrected chi connectivity index (χ2v) is 5.60. The van der Waals surface area contributed by atoms with E-state index in [9.17, 15) is 4.79 Å². The van der Waals surface area contributed by atoms with E-state index in [2.05, 4.69) is 10.3 Å². The van der Waals surface area contributed by atoms with Gasteiger partial charge in [-0.15, -0.1) is 36.2 Å². The van der Waals surface area contributed by atoms with Crippen molar-refractivity contribution < 1.29 is 14.3 Å². The highest BCUT2D eigenvalue weighted by atomic mass is 35.5. The second-order valence-electron chi connectivity index (χ2n) is 4.89. The number of amides is 1. The van der Waals surface area contributed by atoms with E-state index in [0.29, 0.717) is 36.8 Å². The van der Waals surface area contributed by atoms with E-state index in [1.165, 1.54) is 11.3 Å². The summed E-state index contributed by atoms with van der Waals surface area (Å²) in [6.45, 7) is 1.61. The lowest BCUT2D eigenvalue weighted by Crippen LogP contribution is -2.24. The van der Waals surface area contributed by atoms with Gasteiger partial charge in [-0.05, 0) is 37.6 Å². The summed E-state index contributed by atoms with van der Waals surface area (Å²) >= 11 is 1.52. The molecule has 0 bridgehead atoms. The Hall–Kier alpha value is -1.54. The van der Waals surface area contributed by atoms with E-state index in [1.54, 1.807) is 30.8 Å². The molecule has 0 saturated heterocycles. The van der Waals surface area contributed by atoms with E-state index in [1.807, 2.05) is 5.38 Å². The third-order valence-electron chi connectivity index (χ3n) is 3.20. The van der Waals surface area contributed by atoms with Gasteiger partial charge in [0, 0.05) is 17.5 Å². The number of carbonyl (C=O) groups is 1. The molecule has 0 atom stereocenters. The molecule has 0 spiro atoms. The minimum atomic E-state index is -0.133. The van der Waals surface area contributed by atoms with Gasteiger partial charge >= 0.3 is 0 Å². The molecule has 1 aromatic heterocycles. The first-order valence-corrected chi connectivity index (χ1v) is 8.35. The topological polar surface area (TPSA) is 86.5 Å². The molecule has 9 heteroatoms. The van der Waals surface area contributed by atoms with Crippen LogP contribution in [0.2, 0.25) is 0 Å². The van der Waals surface area contributed by atoms with Crippen molar-refractivity contribution in [3.63, 3.8) is 0 Å². The zero-order valence-corrected chi connectivity index (χ0v) is 16.3. The van der Waals surface area contributed by atoms with Crippen LogP contribution in [-0.2, 0) is 6.61 Å². The van der Waals surface area contributed by atoms with E-state index in [4.69, 9.17) is 15.2 Å². The van der Waals surface area contributed by atoms with Gasteiger partial charge in [0.05, 0.1) is 18.3 Å². The smallest absolute Gasteiger partial charge is 0.251 e. The number of nitrogens with two attached hydrogens (primary N) is 1. The Bertz CT molecular complexity index is 627. The number of nitrogens with zero attached hydrogens (tertiary/aromatic N) is 1. The highest BCUT2D eigenvalue weighted by Crippen LogP contribution is 2.28. The minimum absolute atomic E-state index is 0. The first-order valence-electron chi connectivity index (χ1n) is 7.40. The standard InChI is InChI=1S/C16H21N3O3S.2ClH/c1-21-15-8-12(16(20)18-7-3-2-6-17)4-5-14(15)22-9-13-10-23-11-19-13;;/h4-5,8,10-11H,2-3,6-7,9,17H2,1H3,(H,18,20);2*1H. The first kappa shape index (κ1) is 23.5. The summed E-state index contributed by atoms with van der Waals surface area (Å²) in [5.74, 6) is 0.974. The van der Waals surface area contributed by atoms with E-state index < -0.39 is 0 Å². The Balaban J connectivity index is 0.00000288. The second kappa shape index (κ2) is 12.8. The van der Waals surface area contributed by atoms with Crippen molar-refractivity contribution in [2.45, 2.75) is 19.4 Å². The Kier molecular flexibility index (Phi) is 12.0. The summed E-state index contributed by atoms with van der Waals surface area (Å²) in [5.41, 5.74) is 8.58. The van der Waals surface area contributed by atoms with Crippen LogP contribution < -0.4 is 20.5 Å². The van der Waals surface area contributed by atoms with Crippen LogP contribution >= 0.6 is 36.2 Å². The zero-order valence-electron chi connectivity index (χ0n) is 13.9. The number of hydrogen-bond acceptors (Lipinski definition) is 6. The average molecular weight is 408 g/mol. The molecule has 140 valence electrons. The lowest BCUT2D eigenvalue weighted by Gasteiger charge is -2.11. The lowest BCUT2D eigenvalue weighted by atomic mass is 10.2. The van der Waals surface area contributed by atoms with Crippen LogP contribution in [0.15, 0.2) is 29.1 Å². The van der Waals surface area contributed by atoms with E-state index in [0.717, 1.165) is 18.5 Å². The minimum Gasteiger partial charge on any atom is -0.493 e. The predicted octanol–water partition coefficient (Wildman–Crippen LogP) is 3.04. The molecule has 0 radical (unpaired) electrons. The molecule has 1 aromatic carbocycles. The fraction of sp³-hybridized carbons (Fsp3) is 0.375. The number of carbonyl (C=O) groups excluding carboxylic acids is 1. The van der Waals surface area contributed by atoms with Gasteiger partial charge in [-0.25, -0.2) is 4.98 Å². The van der Waals surface area contributed by atoms with Gasteiger partial charge in [-0.3, -0.25) is 4.79 Å². The normalized spacial score (nSPS) is 9.52. The summed E-state index contributed by atoms with van der Waals surface area (Å²) in [7, 11) is 1.55. The van der Waals surface area contributed by atoms with Crippen LogP contribution in [0.4, 0.5) is 0 Å². The van der Waals surface area contributed by atoms with Gasteiger partial charge in [0.15, 0.2) is 11.5 Å². The summed E-state index contributed by atoms with van der Waals surface area (Å²) in [5, 5.41) is 4.79. The quantitative estimate of drug-likeness (QED) is 0.623. The lowest BCUT2D eigenvalue weighted by molar-refractivity contribution is 0.0952. The SMILES string of the molecule is COc1cc(C(=O)NCCCCN)ccc1OCc1cscn1.Cl.Cl. The number of nitrogens with one attached hydrogen (secondary N) is 1. The molecule has 3 N–H and O–H groups in total. The molecule has 6 nitrogen and oxygen atoms in total.